The third-order valence-corrected chi connectivity index (χ3v) is 3.39. The van der Waals surface area contributed by atoms with Crippen molar-refractivity contribution < 1.29 is 14.8 Å². The van der Waals surface area contributed by atoms with Gasteiger partial charge in [0.25, 0.3) is 5.69 Å². The molecule has 20 heavy (non-hydrogen) atoms. The van der Waals surface area contributed by atoms with E-state index in [0.717, 1.165) is 12.0 Å². The first-order valence-electron chi connectivity index (χ1n) is 6.63. The van der Waals surface area contributed by atoms with E-state index >= 15 is 0 Å². The van der Waals surface area contributed by atoms with Crippen molar-refractivity contribution in [3.05, 3.63) is 39.9 Å². The van der Waals surface area contributed by atoms with Crippen LogP contribution in [0, 0.1) is 10.1 Å². The molecule has 1 aromatic carbocycles. The second-order valence-electron chi connectivity index (χ2n) is 4.80. The number of aliphatic carboxylic acids is 1. The topological polar surface area (TPSA) is 83.7 Å². The van der Waals surface area contributed by atoms with Gasteiger partial charge in [0.05, 0.1) is 11.5 Å². The number of carboxylic acids is 1. The molecule has 0 bridgehead atoms. The quantitative estimate of drug-likeness (QED) is 0.583. The molecule has 0 aliphatic carbocycles. The van der Waals surface area contributed by atoms with E-state index in [1.54, 1.807) is 12.1 Å². The molecule has 1 aromatic rings. The predicted molar refractivity (Wildman–Crippen MR) is 75.8 cm³/mol. The first kappa shape index (κ1) is 16.1. The Morgan fingerprint density at radius 3 is 2.45 bits per heavy atom. The fourth-order valence-corrected chi connectivity index (χ4v) is 1.94. The van der Waals surface area contributed by atoms with Crippen LogP contribution in [0.5, 0.6) is 0 Å². The maximum Gasteiger partial charge on any atom is 0.317 e. The molecule has 110 valence electrons. The van der Waals surface area contributed by atoms with Gasteiger partial charge in [-0.1, -0.05) is 19.1 Å². The smallest absolute Gasteiger partial charge is 0.317 e. The summed E-state index contributed by atoms with van der Waals surface area (Å²) < 4.78 is 0. The molecule has 0 heterocycles. The zero-order chi connectivity index (χ0) is 15.1. The molecule has 0 aliphatic rings. The molecule has 1 N–H and O–H groups in total. The van der Waals surface area contributed by atoms with Crippen LogP contribution in [0.2, 0.25) is 0 Å². The van der Waals surface area contributed by atoms with Crippen LogP contribution in [0.3, 0.4) is 0 Å². The van der Waals surface area contributed by atoms with Gasteiger partial charge in [0, 0.05) is 24.7 Å². The van der Waals surface area contributed by atoms with Gasteiger partial charge in [0.15, 0.2) is 0 Å². The fraction of sp³-hybridized carbons (Fsp3) is 0.500. The van der Waals surface area contributed by atoms with Crippen LogP contribution in [0.4, 0.5) is 5.69 Å². The molecular weight excluding hydrogens is 260 g/mol. The second kappa shape index (κ2) is 7.59. The Morgan fingerprint density at radius 2 is 2.00 bits per heavy atom. The van der Waals surface area contributed by atoms with Crippen LogP contribution in [-0.2, 0) is 11.2 Å². The van der Waals surface area contributed by atoms with E-state index in [-0.39, 0.29) is 18.3 Å². The normalized spacial score (nSPS) is 12.3. The minimum absolute atomic E-state index is 0.0159. The number of nitro benzene ring substituents is 1. The maximum absolute atomic E-state index is 10.8. The Labute approximate surface area is 118 Å². The van der Waals surface area contributed by atoms with Crippen molar-refractivity contribution in [3.8, 4) is 0 Å². The van der Waals surface area contributed by atoms with Crippen LogP contribution in [0.15, 0.2) is 24.3 Å². The number of carboxylic acid groups (broad SMARTS) is 1. The summed E-state index contributed by atoms with van der Waals surface area (Å²) in [5.41, 5.74) is 1.03. The molecule has 0 amide bonds. The molecule has 1 atom stereocenters. The van der Waals surface area contributed by atoms with E-state index in [1.807, 2.05) is 18.7 Å². The van der Waals surface area contributed by atoms with E-state index < -0.39 is 10.9 Å². The van der Waals surface area contributed by atoms with E-state index in [4.69, 9.17) is 5.11 Å². The molecule has 0 saturated heterocycles. The molecule has 0 saturated carbocycles. The molecule has 1 rings (SSSR count). The van der Waals surface area contributed by atoms with E-state index in [0.29, 0.717) is 13.0 Å². The van der Waals surface area contributed by atoms with Crippen molar-refractivity contribution >= 4 is 11.7 Å². The first-order valence-corrected chi connectivity index (χ1v) is 6.63. The number of nitro groups is 1. The van der Waals surface area contributed by atoms with Crippen molar-refractivity contribution in [3.63, 3.8) is 0 Å². The Bertz CT molecular complexity index is 459. The summed E-state index contributed by atoms with van der Waals surface area (Å²) in [4.78, 5) is 22.9. The Balaban J connectivity index is 2.62. The number of benzene rings is 1. The van der Waals surface area contributed by atoms with E-state index in [1.165, 1.54) is 12.1 Å². The van der Waals surface area contributed by atoms with E-state index in [2.05, 4.69) is 0 Å². The number of non-ortho nitro benzene ring substituents is 1. The number of hydrogen-bond acceptors (Lipinski definition) is 4. The highest BCUT2D eigenvalue weighted by molar-refractivity contribution is 5.69. The average molecular weight is 280 g/mol. The summed E-state index contributed by atoms with van der Waals surface area (Å²) in [6.07, 6.45) is 1.56. The van der Waals surface area contributed by atoms with Gasteiger partial charge in [0.2, 0.25) is 0 Å². The lowest BCUT2D eigenvalue weighted by Crippen LogP contribution is -2.38. The minimum atomic E-state index is -0.839. The molecule has 0 spiro atoms. The number of nitrogens with zero attached hydrogens (tertiary/aromatic N) is 2. The van der Waals surface area contributed by atoms with Crippen LogP contribution in [0.1, 0.15) is 25.8 Å². The second-order valence-corrected chi connectivity index (χ2v) is 4.80. The van der Waals surface area contributed by atoms with Gasteiger partial charge in [-0.05, 0) is 25.3 Å². The van der Waals surface area contributed by atoms with Crippen LogP contribution in [-0.4, -0.2) is 40.0 Å². The third-order valence-electron chi connectivity index (χ3n) is 3.39. The minimum Gasteiger partial charge on any atom is -0.480 e. The summed E-state index contributed by atoms with van der Waals surface area (Å²) in [7, 11) is 0. The van der Waals surface area contributed by atoms with Crippen molar-refractivity contribution in [1.29, 1.82) is 0 Å². The van der Waals surface area contributed by atoms with Crippen LogP contribution in [0.25, 0.3) is 0 Å². The maximum atomic E-state index is 10.8. The lowest BCUT2D eigenvalue weighted by Gasteiger charge is -2.26. The van der Waals surface area contributed by atoms with Gasteiger partial charge in [-0.2, -0.15) is 0 Å². The summed E-state index contributed by atoms with van der Waals surface area (Å²) >= 11 is 0. The zero-order valence-electron chi connectivity index (χ0n) is 11.8. The van der Waals surface area contributed by atoms with Crippen LogP contribution >= 0.6 is 0 Å². The highest BCUT2D eigenvalue weighted by atomic mass is 16.6. The molecule has 6 nitrogen and oxygen atoms in total. The van der Waals surface area contributed by atoms with Gasteiger partial charge in [0.1, 0.15) is 0 Å². The lowest BCUT2D eigenvalue weighted by molar-refractivity contribution is -0.384. The lowest BCUT2D eigenvalue weighted by atomic mass is 10.1. The number of hydrogen-bond donors (Lipinski definition) is 1. The summed E-state index contributed by atoms with van der Waals surface area (Å²) in [6, 6.07) is 6.57. The van der Waals surface area contributed by atoms with Crippen molar-refractivity contribution in [2.45, 2.75) is 32.7 Å². The van der Waals surface area contributed by atoms with Crippen molar-refractivity contribution in [2.75, 3.05) is 13.1 Å². The standard InChI is InChI=1S/C14H20N2O4/c1-3-11(2)15(10-14(17)18)9-8-12-4-6-13(7-5-12)16(19)20/h4-7,11H,3,8-10H2,1-2H3,(H,17,18). The Hall–Kier alpha value is -1.95. The van der Waals surface area contributed by atoms with Gasteiger partial charge in [-0.25, -0.2) is 0 Å². The first-order chi connectivity index (χ1) is 9.43. The fourth-order valence-electron chi connectivity index (χ4n) is 1.94. The summed E-state index contributed by atoms with van der Waals surface area (Å²) in [5, 5.41) is 19.5. The highest BCUT2D eigenvalue weighted by Gasteiger charge is 2.15. The molecule has 0 aromatic heterocycles. The summed E-state index contributed by atoms with van der Waals surface area (Å²) in [5.74, 6) is -0.839. The molecule has 0 radical (unpaired) electrons. The molecule has 6 heteroatoms. The largest absolute Gasteiger partial charge is 0.480 e. The molecule has 1 unspecified atom stereocenters. The number of rotatable bonds is 8. The molecule has 0 fully saturated rings. The van der Waals surface area contributed by atoms with Gasteiger partial charge >= 0.3 is 5.97 Å². The SMILES string of the molecule is CCC(C)N(CCc1ccc([N+](=O)[O-])cc1)CC(=O)O. The number of carbonyl (C=O) groups is 1. The van der Waals surface area contributed by atoms with Gasteiger partial charge < -0.3 is 5.11 Å². The van der Waals surface area contributed by atoms with Crippen molar-refractivity contribution in [2.24, 2.45) is 0 Å². The van der Waals surface area contributed by atoms with Gasteiger partial charge in [-0.3, -0.25) is 19.8 Å². The monoisotopic (exact) mass is 280 g/mol. The van der Waals surface area contributed by atoms with Gasteiger partial charge in [-0.15, -0.1) is 0 Å². The van der Waals surface area contributed by atoms with Crippen molar-refractivity contribution in [1.82, 2.24) is 4.90 Å². The average Bonchev–Trinajstić information content (AvgIpc) is 2.42. The highest BCUT2D eigenvalue weighted by Crippen LogP contribution is 2.13. The third kappa shape index (κ3) is 4.97. The molecular formula is C14H20N2O4. The molecule has 0 aliphatic heterocycles. The Morgan fingerprint density at radius 1 is 1.40 bits per heavy atom. The summed E-state index contributed by atoms with van der Waals surface area (Å²) in [6.45, 7) is 4.66. The van der Waals surface area contributed by atoms with Crippen LogP contribution < -0.4 is 0 Å². The predicted octanol–water partition coefficient (Wildman–Crippen LogP) is 2.32. The van der Waals surface area contributed by atoms with E-state index in [9.17, 15) is 14.9 Å². The zero-order valence-corrected chi connectivity index (χ0v) is 11.8. The Kier molecular flexibility index (Phi) is 6.11.